The first-order valence-corrected chi connectivity index (χ1v) is 7.25. The van der Waals surface area contributed by atoms with Crippen LogP contribution in [-0.4, -0.2) is 41.7 Å². The van der Waals surface area contributed by atoms with E-state index in [9.17, 15) is 4.79 Å². The van der Waals surface area contributed by atoms with Crippen LogP contribution in [0.15, 0.2) is 18.2 Å². The minimum Gasteiger partial charge on any atom is -0.493 e. The number of aliphatic carboxylic acids is 1. The number of carbonyl (C=O) groups is 1. The standard InChI is InChI=1S/C16H23NO3/c1-12-6-7-13(2)15(11-12)20-10-4-9-17-8-3-5-14(17)16(18)19/h6-7,11,14H,3-5,8-10H2,1-2H3,(H,18,19)/t14-/m1/s1. The second kappa shape index (κ2) is 6.75. The van der Waals surface area contributed by atoms with E-state index < -0.39 is 5.97 Å². The normalized spacial score (nSPS) is 19.2. The van der Waals surface area contributed by atoms with E-state index in [1.54, 1.807) is 0 Å². The van der Waals surface area contributed by atoms with Gasteiger partial charge in [-0.1, -0.05) is 12.1 Å². The molecule has 0 bridgehead atoms. The fourth-order valence-corrected chi connectivity index (χ4v) is 2.69. The Labute approximate surface area is 120 Å². The van der Waals surface area contributed by atoms with Gasteiger partial charge in [0.15, 0.2) is 0 Å². The van der Waals surface area contributed by atoms with E-state index in [0.29, 0.717) is 6.61 Å². The van der Waals surface area contributed by atoms with Gasteiger partial charge in [0.1, 0.15) is 11.8 Å². The number of benzene rings is 1. The topological polar surface area (TPSA) is 49.8 Å². The molecule has 0 aliphatic carbocycles. The van der Waals surface area contributed by atoms with Gasteiger partial charge in [0.2, 0.25) is 0 Å². The van der Waals surface area contributed by atoms with Crippen molar-refractivity contribution in [2.45, 2.75) is 39.2 Å². The van der Waals surface area contributed by atoms with Crippen LogP contribution in [0, 0.1) is 13.8 Å². The van der Waals surface area contributed by atoms with Gasteiger partial charge in [0.05, 0.1) is 6.61 Å². The number of rotatable bonds is 6. The maximum Gasteiger partial charge on any atom is 0.320 e. The summed E-state index contributed by atoms with van der Waals surface area (Å²) in [5, 5.41) is 9.11. The van der Waals surface area contributed by atoms with Crippen molar-refractivity contribution in [3.05, 3.63) is 29.3 Å². The fraction of sp³-hybridized carbons (Fsp3) is 0.562. The highest BCUT2D eigenvalue weighted by Crippen LogP contribution is 2.20. The average Bonchev–Trinajstić information content (AvgIpc) is 2.87. The zero-order valence-corrected chi connectivity index (χ0v) is 12.3. The van der Waals surface area contributed by atoms with Crippen molar-refractivity contribution in [1.29, 1.82) is 0 Å². The van der Waals surface area contributed by atoms with Gasteiger partial charge in [0.25, 0.3) is 0 Å². The fourth-order valence-electron chi connectivity index (χ4n) is 2.69. The van der Waals surface area contributed by atoms with Gasteiger partial charge in [-0.3, -0.25) is 9.69 Å². The number of hydrogen-bond donors (Lipinski definition) is 1. The van der Waals surface area contributed by atoms with E-state index >= 15 is 0 Å². The molecule has 4 heteroatoms. The van der Waals surface area contributed by atoms with E-state index in [2.05, 4.69) is 17.0 Å². The molecule has 0 unspecified atom stereocenters. The molecule has 0 spiro atoms. The van der Waals surface area contributed by atoms with Crippen LogP contribution in [0.3, 0.4) is 0 Å². The Kier molecular flexibility index (Phi) is 5.01. The first-order valence-electron chi connectivity index (χ1n) is 7.25. The summed E-state index contributed by atoms with van der Waals surface area (Å²) in [6, 6.07) is 5.89. The number of likely N-dealkylation sites (tertiary alicyclic amines) is 1. The summed E-state index contributed by atoms with van der Waals surface area (Å²) >= 11 is 0. The molecule has 1 saturated heterocycles. The number of ether oxygens (including phenoxy) is 1. The molecule has 1 aliphatic heterocycles. The molecule has 1 heterocycles. The summed E-state index contributed by atoms with van der Waals surface area (Å²) in [5.41, 5.74) is 2.33. The van der Waals surface area contributed by atoms with Crippen LogP contribution in [0.2, 0.25) is 0 Å². The van der Waals surface area contributed by atoms with Crippen LogP contribution in [-0.2, 0) is 4.79 Å². The van der Waals surface area contributed by atoms with Gasteiger partial charge < -0.3 is 9.84 Å². The molecule has 0 radical (unpaired) electrons. The lowest BCUT2D eigenvalue weighted by Crippen LogP contribution is -2.36. The molecule has 1 N–H and O–H groups in total. The SMILES string of the molecule is Cc1ccc(C)c(OCCCN2CCC[C@@H]2C(=O)O)c1. The Hall–Kier alpha value is -1.55. The molecule has 1 fully saturated rings. The molecule has 4 nitrogen and oxygen atoms in total. The van der Waals surface area contributed by atoms with Crippen molar-refractivity contribution in [1.82, 2.24) is 4.90 Å². The summed E-state index contributed by atoms with van der Waals surface area (Å²) in [6.45, 7) is 6.40. The van der Waals surface area contributed by atoms with E-state index in [1.165, 1.54) is 5.56 Å². The van der Waals surface area contributed by atoms with Crippen molar-refractivity contribution in [3.8, 4) is 5.75 Å². The Morgan fingerprint density at radius 3 is 3.00 bits per heavy atom. The van der Waals surface area contributed by atoms with Crippen LogP contribution in [0.4, 0.5) is 0 Å². The van der Waals surface area contributed by atoms with Gasteiger partial charge in [-0.05, 0) is 56.8 Å². The first-order chi connectivity index (χ1) is 9.58. The van der Waals surface area contributed by atoms with Gasteiger partial charge in [-0.15, -0.1) is 0 Å². The van der Waals surface area contributed by atoms with Crippen LogP contribution in [0.25, 0.3) is 0 Å². The maximum absolute atomic E-state index is 11.1. The smallest absolute Gasteiger partial charge is 0.320 e. The van der Waals surface area contributed by atoms with Crippen LogP contribution in [0.1, 0.15) is 30.4 Å². The second-order valence-electron chi connectivity index (χ2n) is 5.50. The predicted molar refractivity (Wildman–Crippen MR) is 78.3 cm³/mol. The quantitative estimate of drug-likeness (QED) is 0.812. The molecule has 1 atom stereocenters. The van der Waals surface area contributed by atoms with Crippen molar-refractivity contribution in [2.24, 2.45) is 0 Å². The molecular weight excluding hydrogens is 254 g/mol. The van der Waals surface area contributed by atoms with Gasteiger partial charge >= 0.3 is 5.97 Å². The Morgan fingerprint density at radius 1 is 1.45 bits per heavy atom. The van der Waals surface area contributed by atoms with Crippen molar-refractivity contribution < 1.29 is 14.6 Å². The van der Waals surface area contributed by atoms with Crippen molar-refractivity contribution >= 4 is 5.97 Å². The van der Waals surface area contributed by atoms with Gasteiger partial charge in [-0.2, -0.15) is 0 Å². The van der Waals surface area contributed by atoms with Gasteiger partial charge in [-0.25, -0.2) is 0 Å². The maximum atomic E-state index is 11.1. The summed E-state index contributed by atoms with van der Waals surface area (Å²) < 4.78 is 5.80. The third-order valence-electron chi connectivity index (χ3n) is 3.84. The molecule has 110 valence electrons. The Morgan fingerprint density at radius 2 is 2.25 bits per heavy atom. The van der Waals surface area contributed by atoms with Crippen molar-refractivity contribution in [2.75, 3.05) is 19.7 Å². The third-order valence-corrected chi connectivity index (χ3v) is 3.84. The minimum absolute atomic E-state index is 0.296. The molecule has 20 heavy (non-hydrogen) atoms. The van der Waals surface area contributed by atoms with Gasteiger partial charge in [0, 0.05) is 6.54 Å². The summed E-state index contributed by atoms with van der Waals surface area (Å²) in [4.78, 5) is 13.1. The lowest BCUT2D eigenvalue weighted by atomic mass is 10.1. The van der Waals surface area contributed by atoms with E-state index in [4.69, 9.17) is 9.84 Å². The second-order valence-corrected chi connectivity index (χ2v) is 5.50. The lowest BCUT2D eigenvalue weighted by Gasteiger charge is -2.20. The highest BCUT2D eigenvalue weighted by molar-refractivity contribution is 5.73. The highest BCUT2D eigenvalue weighted by atomic mass is 16.5. The molecule has 2 rings (SSSR count). The molecule has 1 aliphatic rings. The van der Waals surface area contributed by atoms with E-state index in [1.807, 2.05) is 19.9 Å². The number of aryl methyl sites for hydroxylation is 2. The van der Waals surface area contributed by atoms with Crippen LogP contribution < -0.4 is 4.74 Å². The van der Waals surface area contributed by atoms with Crippen molar-refractivity contribution in [3.63, 3.8) is 0 Å². The first kappa shape index (κ1) is 14.9. The van der Waals surface area contributed by atoms with E-state index in [-0.39, 0.29) is 6.04 Å². The number of nitrogens with zero attached hydrogens (tertiary/aromatic N) is 1. The third kappa shape index (κ3) is 3.73. The molecular formula is C16H23NO3. The Balaban J connectivity index is 1.76. The lowest BCUT2D eigenvalue weighted by molar-refractivity contribution is -0.142. The highest BCUT2D eigenvalue weighted by Gasteiger charge is 2.29. The number of carboxylic acids is 1. The molecule has 1 aromatic carbocycles. The number of hydrogen-bond acceptors (Lipinski definition) is 3. The Bertz CT molecular complexity index is 473. The summed E-state index contributed by atoms with van der Waals surface area (Å²) in [5.74, 6) is 0.235. The monoisotopic (exact) mass is 277 g/mol. The summed E-state index contributed by atoms with van der Waals surface area (Å²) in [6.07, 6.45) is 2.61. The summed E-state index contributed by atoms with van der Waals surface area (Å²) in [7, 11) is 0. The predicted octanol–water partition coefficient (Wildman–Crippen LogP) is 2.62. The average molecular weight is 277 g/mol. The molecule has 1 aromatic rings. The van der Waals surface area contributed by atoms with E-state index in [0.717, 1.165) is 43.7 Å². The minimum atomic E-state index is -0.696. The number of carboxylic acid groups (broad SMARTS) is 1. The zero-order valence-electron chi connectivity index (χ0n) is 12.3. The molecule has 0 saturated carbocycles. The van der Waals surface area contributed by atoms with Crippen LogP contribution in [0.5, 0.6) is 5.75 Å². The zero-order chi connectivity index (χ0) is 14.5. The largest absolute Gasteiger partial charge is 0.493 e. The van der Waals surface area contributed by atoms with Crippen LogP contribution >= 0.6 is 0 Å². The molecule has 0 amide bonds. The molecule has 0 aromatic heterocycles.